The lowest BCUT2D eigenvalue weighted by atomic mass is 10.1. The molecule has 0 radical (unpaired) electrons. The van der Waals surface area contributed by atoms with E-state index in [-0.39, 0.29) is 24.5 Å². The lowest BCUT2D eigenvalue weighted by Crippen LogP contribution is -2.41. The number of likely N-dealkylation sites (N-methyl/N-ethyl adjacent to an activating group) is 1. The van der Waals surface area contributed by atoms with E-state index in [1.165, 1.54) is 4.90 Å². The zero-order chi connectivity index (χ0) is 20.5. The maximum Gasteiger partial charge on any atom is 0.349 e. The van der Waals surface area contributed by atoms with E-state index in [1.54, 1.807) is 31.2 Å². The van der Waals surface area contributed by atoms with Gasteiger partial charge in [0.2, 0.25) is 0 Å². The van der Waals surface area contributed by atoms with Crippen molar-refractivity contribution in [3.8, 4) is 0 Å². The number of para-hydroxylation sites is 1. The zero-order valence-corrected chi connectivity index (χ0v) is 16.8. The number of hydrogen-bond donors (Lipinski definition) is 0. The largest absolute Gasteiger partial charge is 0.466 e. The van der Waals surface area contributed by atoms with E-state index in [4.69, 9.17) is 9.15 Å². The molecule has 0 spiro atoms. The lowest BCUT2D eigenvalue weighted by Gasteiger charge is -2.26. The Kier molecular flexibility index (Phi) is 8.19. The normalized spacial score (nSPS) is 11.0. The van der Waals surface area contributed by atoms with Crippen molar-refractivity contribution in [3.63, 3.8) is 0 Å². The summed E-state index contributed by atoms with van der Waals surface area (Å²) in [5, 5.41) is 0.680. The number of esters is 1. The van der Waals surface area contributed by atoms with Gasteiger partial charge in [-0.1, -0.05) is 32.0 Å². The van der Waals surface area contributed by atoms with E-state index in [2.05, 4.69) is 4.90 Å². The summed E-state index contributed by atoms with van der Waals surface area (Å²) < 4.78 is 10.3. The zero-order valence-electron chi connectivity index (χ0n) is 16.8. The van der Waals surface area contributed by atoms with Crippen LogP contribution in [0.3, 0.4) is 0 Å². The summed E-state index contributed by atoms with van der Waals surface area (Å²) in [6, 6.07) is 8.61. The van der Waals surface area contributed by atoms with Crippen molar-refractivity contribution in [2.75, 3.05) is 39.3 Å². The molecule has 0 unspecified atom stereocenters. The Labute approximate surface area is 164 Å². The van der Waals surface area contributed by atoms with Gasteiger partial charge in [-0.05, 0) is 32.1 Å². The molecule has 0 atom stereocenters. The van der Waals surface area contributed by atoms with Crippen LogP contribution in [0.25, 0.3) is 11.0 Å². The maximum atomic E-state index is 13.1. The number of nitrogens with zero attached hydrogens (tertiary/aromatic N) is 2. The summed E-state index contributed by atoms with van der Waals surface area (Å²) >= 11 is 0. The molecule has 1 aromatic carbocycles. The minimum atomic E-state index is -0.673. The molecule has 2 aromatic rings. The molecule has 7 heteroatoms. The summed E-state index contributed by atoms with van der Waals surface area (Å²) in [4.78, 5) is 40.9. The lowest BCUT2D eigenvalue weighted by molar-refractivity contribution is -0.143. The molecule has 7 nitrogen and oxygen atoms in total. The van der Waals surface area contributed by atoms with Crippen LogP contribution in [0, 0.1) is 0 Å². The molecule has 0 fully saturated rings. The van der Waals surface area contributed by atoms with Crippen LogP contribution in [0.5, 0.6) is 0 Å². The first kappa shape index (κ1) is 21.6. The van der Waals surface area contributed by atoms with Gasteiger partial charge in [-0.3, -0.25) is 9.59 Å². The molecule has 0 aliphatic rings. The Balaban J connectivity index is 2.24. The first-order valence-corrected chi connectivity index (χ1v) is 9.70. The molecule has 152 valence electrons. The van der Waals surface area contributed by atoms with Gasteiger partial charge >= 0.3 is 11.6 Å². The maximum absolute atomic E-state index is 13.1. The molecule has 2 rings (SSSR count). The van der Waals surface area contributed by atoms with Crippen molar-refractivity contribution in [1.29, 1.82) is 0 Å². The van der Waals surface area contributed by atoms with Crippen LogP contribution in [-0.2, 0) is 9.53 Å². The number of carbonyl (C=O) groups excluding carboxylic acids is 2. The molecule has 0 saturated carbocycles. The molecule has 0 aliphatic carbocycles. The highest BCUT2D eigenvalue weighted by Gasteiger charge is 2.22. The average Bonchev–Trinajstić information content (AvgIpc) is 2.70. The second kappa shape index (κ2) is 10.6. The molecule has 0 N–H and O–H groups in total. The van der Waals surface area contributed by atoms with E-state index in [0.29, 0.717) is 30.7 Å². The number of fused-ring (bicyclic) bond motifs is 1. The van der Waals surface area contributed by atoms with Gasteiger partial charge in [-0.15, -0.1) is 0 Å². The van der Waals surface area contributed by atoms with E-state index >= 15 is 0 Å². The SMILES string of the molecule is CCOC(=O)CCN(CCN(CC)CC)C(=O)c1cc2ccccc2oc1=O. The highest BCUT2D eigenvalue weighted by atomic mass is 16.5. The standard InChI is InChI=1S/C21H28N2O5/c1-4-22(5-2)13-14-23(12-11-19(24)27-6-3)20(25)17-15-16-9-7-8-10-18(16)28-21(17)26/h7-10,15H,4-6,11-14H2,1-3H3. The first-order valence-electron chi connectivity index (χ1n) is 9.70. The average molecular weight is 388 g/mol. The van der Waals surface area contributed by atoms with Gasteiger partial charge < -0.3 is 19.0 Å². The minimum Gasteiger partial charge on any atom is -0.466 e. The van der Waals surface area contributed by atoms with Gasteiger partial charge in [0, 0.05) is 25.0 Å². The van der Waals surface area contributed by atoms with Crippen LogP contribution in [0.2, 0.25) is 0 Å². The molecule has 0 bridgehead atoms. The fraction of sp³-hybridized carbons (Fsp3) is 0.476. The van der Waals surface area contributed by atoms with E-state index in [9.17, 15) is 14.4 Å². The number of rotatable bonds is 10. The summed E-state index contributed by atoms with van der Waals surface area (Å²) in [7, 11) is 0. The first-order chi connectivity index (χ1) is 13.5. The van der Waals surface area contributed by atoms with Gasteiger partial charge in [0.15, 0.2) is 0 Å². The van der Waals surface area contributed by atoms with Gasteiger partial charge in [0.1, 0.15) is 11.1 Å². The molecule has 28 heavy (non-hydrogen) atoms. The van der Waals surface area contributed by atoms with Crippen LogP contribution >= 0.6 is 0 Å². The third-order valence-electron chi connectivity index (χ3n) is 4.63. The second-order valence-corrected chi connectivity index (χ2v) is 6.36. The Morgan fingerprint density at radius 3 is 2.43 bits per heavy atom. The van der Waals surface area contributed by atoms with Gasteiger partial charge in [0.05, 0.1) is 13.0 Å². The monoisotopic (exact) mass is 388 g/mol. The minimum absolute atomic E-state index is 0.0258. The smallest absolute Gasteiger partial charge is 0.349 e. The van der Waals surface area contributed by atoms with Crippen molar-refractivity contribution in [2.24, 2.45) is 0 Å². The Morgan fingerprint density at radius 2 is 1.75 bits per heavy atom. The fourth-order valence-electron chi connectivity index (χ4n) is 2.96. The predicted octanol–water partition coefficient (Wildman–Crippen LogP) is 2.53. The molecule has 0 saturated heterocycles. The second-order valence-electron chi connectivity index (χ2n) is 6.36. The Morgan fingerprint density at radius 1 is 1.04 bits per heavy atom. The van der Waals surface area contributed by atoms with Crippen molar-refractivity contribution in [1.82, 2.24) is 9.80 Å². The van der Waals surface area contributed by atoms with E-state index < -0.39 is 11.5 Å². The topological polar surface area (TPSA) is 80.1 Å². The van der Waals surface area contributed by atoms with Crippen molar-refractivity contribution >= 4 is 22.8 Å². The highest BCUT2D eigenvalue weighted by Crippen LogP contribution is 2.14. The third kappa shape index (κ3) is 5.66. The van der Waals surface area contributed by atoms with Crippen molar-refractivity contribution in [2.45, 2.75) is 27.2 Å². The predicted molar refractivity (Wildman–Crippen MR) is 107 cm³/mol. The molecule has 1 heterocycles. The van der Waals surface area contributed by atoms with Crippen LogP contribution in [-0.4, -0.2) is 61.0 Å². The van der Waals surface area contributed by atoms with Crippen molar-refractivity contribution < 1.29 is 18.7 Å². The molecule has 0 aliphatic heterocycles. The summed E-state index contributed by atoms with van der Waals surface area (Å²) in [6.07, 6.45) is 0.0801. The Bertz CT molecular complexity index is 857. The molecule has 1 aromatic heterocycles. The number of amides is 1. The quantitative estimate of drug-likeness (QED) is 0.460. The van der Waals surface area contributed by atoms with E-state index in [0.717, 1.165) is 13.1 Å². The molecular formula is C21H28N2O5. The molecule has 1 amide bonds. The van der Waals surface area contributed by atoms with Crippen molar-refractivity contribution in [3.05, 3.63) is 46.3 Å². The summed E-state index contributed by atoms with van der Waals surface area (Å²) in [5.74, 6) is -0.801. The van der Waals surface area contributed by atoms with Gasteiger partial charge in [-0.2, -0.15) is 0 Å². The summed E-state index contributed by atoms with van der Waals surface area (Å²) in [6.45, 7) is 9.08. The number of ether oxygens (including phenoxy) is 1. The van der Waals surface area contributed by atoms with Crippen LogP contribution in [0.15, 0.2) is 39.5 Å². The third-order valence-corrected chi connectivity index (χ3v) is 4.63. The van der Waals surface area contributed by atoms with Gasteiger partial charge in [0.25, 0.3) is 5.91 Å². The number of benzene rings is 1. The van der Waals surface area contributed by atoms with Gasteiger partial charge in [-0.25, -0.2) is 4.79 Å². The highest BCUT2D eigenvalue weighted by molar-refractivity contribution is 5.96. The Hall–Kier alpha value is -2.67. The van der Waals surface area contributed by atoms with Crippen LogP contribution < -0.4 is 5.63 Å². The molecular weight excluding hydrogens is 360 g/mol. The number of carbonyl (C=O) groups is 2. The van der Waals surface area contributed by atoms with Crippen LogP contribution in [0.1, 0.15) is 37.6 Å². The van der Waals surface area contributed by atoms with Crippen LogP contribution in [0.4, 0.5) is 0 Å². The number of hydrogen-bond acceptors (Lipinski definition) is 6. The van der Waals surface area contributed by atoms with E-state index in [1.807, 2.05) is 19.9 Å². The fourth-order valence-corrected chi connectivity index (χ4v) is 2.96. The summed E-state index contributed by atoms with van der Waals surface area (Å²) in [5.41, 5.74) is -0.264.